The van der Waals surface area contributed by atoms with Gasteiger partial charge in [0.2, 0.25) is 0 Å². The van der Waals surface area contributed by atoms with Gasteiger partial charge in [-0.2, -0.15) is 0 Å². The molecule has 1 fully saturated rings. The van der Waals surface area contributed by atoms with Gasteiger partial charge in [-0.25, -0.2) is 4.79 Å². The average Bonchev–Trinajstić information content (AvgIpc) is 3.34. The second kappa shape index (κ2) is 10.6. The molecule has 39 heavy (non-hydrogen) atoms. The molecule has 5 rings (SSSR count). The molecule has 6 nitrogen and oxygen atoms in total. The third-order valence-corrected chi connectivity index (χ3v) is 8.08. The molecular formula is C32H37BN2O4. The fraction of sp³-hybridized carbons (Fsp3) is 0.344. The van der Waals surface area contributed by atoms with E-state index in [1.807, 2.05) is 84.3 Å². The van der Waals surface area contributed by atoms with Gasteiger partial charge in [-0.1, -0.05) is 66.7 Å². The Morgan fingerprint density at radius 1 is 0.923 bits per heavy atom. The molecule has 1 N–H and O–H groups in total. The second-order valence-corrected chi connectivity index (χ2v) is 11.5. The topological polar surface area (TPSA) is 60.0 Å². The molecule has 3 aromatic carbocycles. The number of rotatable bonds is 7. The summed E-state index contributed by atoms with van der Waals surface area (Å²) in [6.07, 6.45) is 1.56. The minimum Gasteiger partial charge on any atom is -0.449 e. The van der Waals surface area contributed by atoms with Crippen molar-refractivity contribution in [1.82, 2.24) is 5.32 Å². The molecule has 0 aromatic heterocycles. The molecule has 7 heteroatoms. The van der Waals surface area contributed by atoms with E-state index in [0.717, 1.165) is 16.7 Å². The highest BCUT2D eigenvalue weighted by Gasteiger charge is 2.52. The minimum atomic E-state index is -0.591. The number of benzene rings is 3. The second-order valence-electron chi connectivity index (χ2n) is 11.5. The number of carbonyl (C=O) groups excluding carboxylic acids is 1. The Bertz CT molecular complexity index is 1340. The van der Waals surface area contributed by atoms with Crippen LogP contribution < -0.4 is 10.2 Å². The molecule has 0 atom stereocenters. The first-order chi connectivity index (χ1) is 18.6. The Morgan fingerprint density at radius 3 is 2.10 bits per heavy atom. The number of carbonyl (C=O) groups is 1. The van der Waals surface area contributed by atoms with Crippen LogP contribution in [0.3, 0.4) is 0 Å². The molecule has 1 aliphatic heterocycles. The molecule has 0 bridgehead atoms. The predicted octanol–water partition coefficient (Wildman–Crippen LogP) is 6.31. The number of nitrogens with zero attached hydrogens (tertiary/aromatic N) is 1. The normalized spacial score (nSPS) is 17.5. The molecule has 0 radical (unpaired) electrons. The number of fused-ring (bicyclic) bond motifs is 3. The number of hydrogen-bond donors (Lipinski definition) is 1. The van der Waals surface area contributed by atoms with Gasteiger partial charge in [0.25, 0.3) is 0 Å². The van der Waals surface area contributed by atoms with Crippen molar-refractivity contribution in [3.8, 4) is 11.1 Å². The number of hydrogen-bond acceptors (Lipinski definition) is 5. The Balaban J connectivity index is 1.31. The molecule has 1 amide bonds. The van der Waals surface area contributed by atoms with E-state index < -0.39 is 24.4 Å². The van der Waals surface area contributed by atoms with Crippen LogP contribution in [0.1, 0.15) is 50.3 Å². The van der Waals surface area contributed by atoms with E-state index in [-0.39, 0.29) is 19.1 Å². The molecule has 3 aromatic rings. The lowest BCUT2D eigenvalue weighted by Crippen LogP contribution is -2.41. The van der Waals surface area contributed by atoms with Crippen LogP contribution in [-0.2, 0) is 14.0 Å². The Hall–Kier alpha value is -3.55. The first kappa shape index (κ1) is 27.0. The third-order valence-electron chi connectivity index (χ3n) is 8.08. The third kappa shape index (κ3) is 5.47. The lowest BCUT2D eigenvalue weighted by molar-refractivity contribution is 0.00578. The quantitative estimate of drug-likeness (QED) is 0.368. The standard InChI is InChI=1S/C32H37BN2O4/c1-31(2)32(3,4)39-33(38-31)23(18-22-12-11-13-24(19-22)35(5)6)20-34-30(36)37-21-29-27-16-9-7-14-25(27)26-15-8-10-17-28(26)29/h7-19,29H,20-21H2,1-6H3,(H,34,36). The van der Waals surface area contributed by atoms with Gasteiger partial charge in [0.05, 0.1) is 11.2 Å². The van der Waals surface area contributed by atoms with Crippen molar-refractivity contribution in [3.63, 3.8) is 0 Å². The van der Waals surface area contributed by atoms with E-state index >= 15 is 0 Å². The molecule has 0 spiro atoms. The van der Waals surface area contributed by atoms with Crippen molar-refractivity contribution in [1.29, 1.82) is 0 Å². The largest absolute Gasteiger partial charge is 0.492 e. The smallest absolute Gasteiger partial charge is 0.449 e. The zero-order valence-corrected chi connectivity index (χ0v) is 23.7. The SMILES string of the molecule is CN(C)c1cccc(C=C(CNC(=O)OCC2c3ccccc3-c3ccccc32)B2OC(C)(C)C(C)(C)O2)c1. The van der Waals surface area contributed by atoms with Gasteiger partial charge < -0.3 is 24.3 Å². The molecular weight excluding hydrogens is 487 g/mol. The van der Waals surface area contributed by atoms with E-state index in [0.29, 0.717) is 0 Å². The van der Waals surface area contributed by atoms with Crippen LogP contribution in [0, 0.1) is 0 Å². The number of ether oxygens (including phenoxy) is 1. The van der Waals surface area contributed by atoms with Crippen LogP contribution in [0.25, 0.3) is 17.2 Å². The van der Waals surface area contributed by atoms with E-state index in [2.05, 4.69) is 46.6 Å². The van der Waals surface area contributed by atoms with Crippen LogP contribution in [0.5, 0.6) is 0 Å². The van der Waals surface area contributed by atoms with Crippen molar-refractivity contribution < 1.29 is 18.8 Å². The number of amides is 1. The van der Waals surface area contributed by atoms with Crippen molar-refractivity contribution >= 4 is 25.0 Å². The average molecular weight is 524 g/mol. The van der Waals surface area contributed by atoms with Crippen LogP contribution in [0.15, 0.2) is 78.3 Å². The molecule has 2 aliphatic rings. The number of anilines is 1. The molecule has 0 saturated carbocycles. The summed E-state index contributed by atoms with van der Waals surface area (Å²) in [4.78, 5) is 15.0. The molecule has 1 heterocycles. The predicted molar refractivity (Wildman–Crippen MR) is 158 cm³/mol. The Labute approximate surface area is 232 Å². The van der Waals surface area contributed by atoms with Crippen molar-refractivity contribution in [2.75, 3.05) is 32.1 Å². The summed E-state index contributed by atoms with van der Waals surface area (Å²) >= 11 is 0. The minimum absolute atomic E-state index is 0.00929. The highest BCUT2D eigenvalue weighted by Crippen LogP contribution is 2.44. The highest BCUT2D eigenvalue weighted by molar-refractivity contribution is 6.56. The summed E-state index contributed by atoms with van der Waals surface area (Å²) in [6, 6.07) is 24.8. The first-order valence-electron chi connectivity index (χ1n) is 13.5. The molecule has 202 valence electrons. The van der Waals surface area contributed by atoms with E-state index in [4.69, 9.17) is 14.0 Å². The number of nitrogens with one attached hydrogen (secondary N) is 1. The van der Waals surface area contributed by atoms with Crippen LogP contribution in [-0.4, -0.2) is 51.7 Å². The Kier molecular flexibility index (Phi) is 7.32. The zero-order valence-electron chi connectivity index (χ0n) is 23.7. The fourth-order valence-electron chi connectivity index (χ4n) is 5.13. The first-order valence-corrected chi connectivity index (χ1v) is 13.5. The van der Waals surface area contributed by atoms with Gasteiger partial charge in [0.1, 0.15) is 6.61 Å². The summed E-state index contributed by atoms with van der Waals surface area (Å²) in [5, 5.41) is 2.94. The highest BCUT2D eigenvalue weighted by atomic mass is 16.7. The lowest BCUT2D eigenvalue weighted by atomic mass is 9.77. The summed E-state index contributed by atoms with van der Waals surface area (Å²) in [6.45, 7) is 8.60. The summed E-state index contributed by atoms with van der Waals surface area (Å²) < 4.78 is 18.4. The van der Waals surface area contributed by atoms with Crippen LogP contribution in [0.4, 0.5) is 10.5 Å². The maximum atomic E-state index is 12.9. The van der Waals surface area contributed by atoms with Gasteiger partial charge >= 0.3 is 13.2 Å². The molecule has 1 saturated heterocycles. The zero-order chi connectivity index (χ0) is 27.8. The van der Waals surface area contributed by atoms with Gasteiger partial charge in [0.15, 0.2) is 0 Å². The summed E-state index contributed by atoms with van der Waals surface area (Å²) in [5.74, 6) is 0.00929. The van der Waals surface area contributed by atoms with Crippen molar-refractivity contribution in [2.45, 2.75) is 44.8 Å². The maximum Gasteiger partial charge on any atom is 0.492 e. The lowest BCUT2D eigenvalue weighted by Gasteiger charge is -2.32. The van der Waals surface area contributed by atoms with E-state index in [9.17, 15) is 4.79 Å². The van der Waals surface area contributed by atoms with Gasteiger partial charge in [-0.3, -0.25) is 0 Å². The summed E-state index contributed by atoms with van der Waals surface area (Å²) in [5.41, 5.74) is 6.69. The Morgan fingerprint density at radius 2 is 1.51 bits per heavy atom. The number of alkyl carbamates (subject to hydrolysis) is 1. The van der Waals surface area contributed by atoms with Gasteiger partial charge in [-0.05, 0) is 73.1 Å². The fourth-order valence-corrected chi connectivity index (χ4v) is 5.13. The van der Waals surface area contributed by atoms with E-state index in [1.54, 1.807) is 0 Å². The van der Waals surface area contributed by atoms with Gasteiger partial charge in [0, 0.05) is 32.2 Å². The monoisotopic (exact) mass is 524 g/mol. The molecule has 1 aliphatic carbocycles. The van der Waals surface area contributed by atoms with Crippen molar-refractivity contribution in [2.24, 2.45) is 0 Å². The van der Waals surface area contributed by atoms with Crippen LogP contribution in [0.2, 0.25) is 0 Å². The van der Waals surface area contributed by atoms with Crippen molar-refractivity contribution in [3.05, 3.63) is 95.0 Å². The summed E-state index contributed by atoms with van der Waals surface area (Å²) in [7, 11) is 3.43. The van der Waals surface area contributed by atoms with Crippen LogP contribution >= 0.6 is 0 Å². The maximum absolute atomic E-state index is 12.9. The van der Waals surface area contributed by atoms with E-state index in [1.165, 1.54) is 22.3 Å². The van der Waals surface area contributed by atoms with Gasteiger partial charge in [-0.15, -0.1) is 0 Å². The molecule has 0 unspecified atom stereocenters.